The van der Waals surface area contributed by atoms with E-state index >= 15 is 0 Å². The van der Waals surface area contributed by atoms with Crippen molar-refractivity contribution < 1.29 is 38.3 Å². The molecule has 0 bridgehead atoms. The van der Waals surface area contributed by atoms with Crippen molar-refractivity contribution >= 4 is 5.97 Å². The van der Waals surface area contributed by atoms with Gasteiger partial charge in [-0.05, 0) is 81.6 Å². The average Bonchev–Trinajstić information content (AvgIpc) is 3.64. The number of carboxylic acid groups (broad SMARTS) is 1. The fourth-order valence-electron chi connectivity index (χ4n) is 7.41. The van der Waals surface area contributed by atoms with Crippen LogP contribution in [0, 0.1) is 41.4 Å². The summed E-state index contributed by atoms with van der Waals surface area (Å²) in [4.78, 5) is 11.2. The minimum absolute atomic E-state index is 0.0125. The smallest absolute Gasteiger partial charge is 0.329 e. The number of hydrogen-bond donors (Lipinski definition) is 1. The van der Waals surface area contributed by atoms with Gasteiger partial charge in [0.1, 0.15) is 6.61 Å². The van der Waals surface area contributed by atoms with Crippen molar-refractivity contribution in [3.05, 3.63) is 59.7 Å². The zero-order valence-corrected chi connectivity index (χ0v) is 28.2. The number of hydrogen-bond acceptors (Lipinski definition) is 7. The third kappa shape index (κ3) is 11.0. The van der Waals surface area contributed by atoms with Crippen LogP contribution in [0.3, 0.4) is 0 Å². The summed E-state index contributed by atoms with van der Waals surface area (Å²) in [7, 11) is 0. The predicted octanol–water partition coefficient (Wildman–Crippen LogP) is 6.93. The highest BCUT2D eigenvalue weighted by molar-refractivity contribution is 5.68. The number of carboxylic acids is 1. The number of allylic oxidation sites excluding steroid dienone is 1. The standard InChI is InChI=1S/C39H54O8/c1-3-4-12-28(2)35(46-38-15-8-10-19-44-38)18-17-33-34-22-30(21-31(34)23-36(33)47-39-16-9-11-20-45-39)32(26-43-27-37(40)41)25-42-24-29-13-6-5-7-14-29/h5-7,13-14,17-18,21,28,31-36,38-39H,8-12,15-16,19-20,22-27H2,1-2H3,(H,40,41)/b18-17+/t28?,31-,32?,33+,34-,35+,36+,38?,39?/m0/s1. The third-order valence-corrected chi connectivity index (χ3v) is 9.97. The number of ether oxygens (including phenoxy) is 6. The first-order valence-electron chi connectivity index (χ1n) is 17.7. The van der Waals surface area contributed by atoms with Crippen molar-refractivity contribution in [2.75, 3.05) is 33.0 Å². The fourth-order valence-corrected chi connectivity index (χ4v) is 7.41. The molecule has 1 aromatic rings. The largest absolute Gasteiger partial charge is 0.480 e. The number of fused-ring (bicyclic) bond motifs is 1. The van der Waals surface area contributed by atoms with Gasteiger partial charge < -0.3 is 33.5 Å². The topological polar surface area (TPSA) is 92.7 Å². The molecule has 1 aromatic carbocycles. The molecule has 47 heavy (non-hydrogen) atoms. The van der Waals surface area contributed by atoms with E-state index in [1.165, 1.54) is 5.57 Å². The van der Waals surface area contributed by atoms with Gasteiger partial charge in [-0.2, -0.15) is 0 Å². The fraction of sp³-hybridized carbons (Fsp3) is 0.667. The van der Waals surface area contributed by atoms with E-state index in [4.69, 9.17) is 28.4 Å². The number of benzene rings is 1. The van der Waals surface area contributed by atoms with Crippen molar-refractivity contribution in [1.82, 2.24) is 0 Å². The highest BCUT2D eigenvalue weighted by Crippen LogP contribution is 2.50. The Morgan fingerprint density at radius 1 is 1.04 bits per heavy atom. The van der Waals surface area contributed by atoms with Crippen molar-refractivity contribution in [1.29, 1.82) is 0 Å². The van der Waals surface area contributed by atoms with Gasteiger partial charge in [-0.3, -0.25) is 0 Å². The van der Waals surface area contributed by atoms with Gasteiger partial charge in [-0.1, -0.05) is 61.1 Å². The highest BCUT2D eigenvalue weighted by Gasteiger charge is 2.46. The van der Waals surface area contributed by atoms with Gasteiger partial charge >= 0.3 is 5.97 Å². The number of rotatable bonds is 17. The highest BCUT2D eigenvalue weighted by atomic mass is 16.7. The third-order valence-electron chi connectivity index (χ3n) is 9.97. The average molecular weight is 651 g/mol. The van der Waals surface area contributed by atoms with Gasteiger partial charge in [-0.15, -0.1) is 11.8 Å². The second-order valence-corrected chi connectivity index (χ2v) is 13.6. The molecule has 0 spiro atoms. The maximum absolute atomic E-state index is 11.2. The van der Waals surface area contributed by atoms with E-state index in [-0.39, 0.29) is 49.1 Å². The quantitative estimate of drug-likeness (QED) is 0.143. The molecule has 9 atom stereocenters. The van der Waals surface area contributed by atoms with Crippen LogP contribution in [-0.2, 0) is 39.8 Å². The molecule has 258 valence electrons. The van der Waals surface area contributed by atoms with E-state index in [2.05, 4.69) is 49.1 Å². The van der Waals surface area contributed by atoms with E-state index in [9.17, 15) is 9.90 Å². The molecule has 8 heteroatoms. The lowest BCUT2D eigenvalue weighted by Gasteiger charge is -2.31. The van der Waals surface area contributed by atoms with Crippen LogP contribution in [0.25, 0.3) is 0 Å². The molecule has 0 aromatic heterocycles. The molecule has 0 radical (unpaired) electrons. The lowest BCUT2D eigenvalue weighted by molar-refractivity contribution is -0.193. The van der Waals surface area contributed by atoms with Gasteiger partial charge in [0.25, 0.3) is 0 Å². The van der Waals surface area contributed by atoms with Gasteiger partial charge in [0.2, 0.25) is 0 Å². The lowest BCUT2D eigenvalue weighted by Crippen LogP contribution is -2.32. The summed E-state index contributed by atoms with van der Waals surface area (Å²) in [6.07, 6.45) is 15.5. The normalized spacial score (nSPS) is 29.4. The first-order valence-corrected chi connectivity index (χ1v) is 17.7. The Balaban J connectivity index is 1.31. The van der Waals surface area contributed by atoms with Crippen molar-refractivity contribution in [2.24, 2.45) is 29.6 Å². The Hall–Kier alpha value is -2.51. The zero-order valence-electron chi connectivity index (χ0n) is 28.2. The van der Waals surface area contributed by atoms with Crippen LogP contribution in [0.1, 0.15) is 77.2 Å². The Bertz CT molecular complexity index is 1210. The van der Waals surface area contributed by atoms with Gasteiger partial charge in [0, 0.05) is 31.5 Å². The minimum atomic E-state index is -0.962. The molecule has 4 aliphatic rings. The monoisotopic (exact) mass is 650 g/mol. The molecule has 2 aliphatic carbocycles. The summed E-state index contributed by atoms with van der Waals surface area (Å²) in [6, 6.07) is 10.1. The maximum atomic E-state index is 11.2. The van der Waals surface area contributed by atoms with E-state index in [1.54, 1.807) is 0 Å². The van der Waals surface area contributed by atoms with Crippen molar-refractivity contribution in [3.63, 3.8) is 0 Å². The van der Waals surface area contributed by atoms with E-state index in [0.717, 1.165) is 76.6 Å². The van der Waals surface area contributed by atoms with Gasteiger partial charge in [0.05, 0.1) is 32.0 Å². The second kappa shape index (κ2) is 18.9. The van der Waals surface area contributed by atoms with Crippen LogP contribution in [0.5, 0.6) is 0 Å². The molecule has 3 fully saturated rings. The molecular formula is C39H54O8. The summed E-state index contributed by atoms with van der Waals surface area (Å²) in [6.45, 7) is 6.57. The molecule has 2 heterocycles. The molecular weight excluding hydrogens is 596 g/mol. The predicted molar refractivity (Wildman–Crippen MR) is 179 cm³/mol. The summed E-state index contributed by atoms with van der Waals surface area (Å²) in [5, 5.41) is 9.21. The minimum Gasteiger partial charge on any atom is -0.480 e. The molecule has 8 nitrogen and oxygen atoms in total. The molecule has 1 saturated carbocycles. The van der Waals surface area contributed by atoms with Crippen LogP contribution < -0.4 is 0 Å². The number of carbonyl (C=O) groups is 1. The van der Waals surface area contributed by atoms with E-state index in [0.29, 0.717) is 31.7 Å². The SMILES string of the molecule is CC#CCC(C)[C@@H](/C=C/[C@@H]1[C@H]2CC(C(COCC(=O)O)COCc3ccccc3)=C[C@H]2C[C@H]1OC1CCCCO1)OC1CCCCO1. The maximum Gasteiger partial charge on any atom is 0.329 e. The van der Waals surface area contributed by atoms with Gasteiger partial charge in [-0.25, -0.2) is 4.79 Å². The van der Waals surface area contributed by atoms with Crippen molar-refractivity contribution in [3.8, 4) is 11.8 Å². The van der Waals surface area contributed by atoms with Gasteiger partial charge in [0.15, 0.2) is 12.6 Å². The first kappa shape index (κ1) is 35.8. The van der Waals surface area contributed by atoms with Crippen LogP contribution in [0.15, 0.2) is 54.1 Å². The Kier molecular flexibility index (Phi) is 14.4. The number of aliphatic carboxylic acids is 1. The molecule has 5 rings (SSSR count). The molecule has 4 unspecified atom stereocenters. The van der Waals surface area contributed by atoms with Crippen LogP contribution in [0.2, 0.25) is 0 Å². The summed E-state index contributed by atoms with van der Waals surface area (Å²) >= 11 is 0. The molecule has 1 N–H and O–H groups in total. The van der Waals surface area contributed by atoms with E-state index in [1.807, 2.05) is 25.1 Å². The zero-order chi connectivity index (χ0) is 32.8. The Morgan fingerprint density at radius 2 is 1.79 bits per heavy atom. The van der Waals surface area contributed by atoms with Crippen LogP contribution in [0.4, 0.5) is 0 Å². The molecule has 2 saturated heterocycles. The Labute approximate surface area is 281 Å². The summed E-state index contributed by atoms with van der Waals surface area (Å²) in [5.41, 5.74) is 2.40. The summed E-state index contributed by atoms with van der Waals surface area (Å²) in [5.74, 6) is 6.44. The lowest BCUT2D eigenvalue weighted by atomic mass is 9.86. The van der Waals surface area contributed by atoms with Crippen LogP contribution >= 0.6 is 0 Å². The first-order chi connectivity index (χ1) is 23.0. The van der Waals surface area contributed by atoms with Crippen LogP contribution in [-0.4, -0.2) is 68.9 Å². The Morgan fingerprint density at radius 3 is 2.49 bits per heavy atom. The second-order valence-electron chi connectivity index (χ2n) is 13.6. The van der Waals surface area contributed by atoms with E-state index < -0.39 is 5.97 Å². The molecule has 0 amide bonds. The van der Waals surface area contributed by atoms with Crippen molar-refractivity contribution in [2.45, 2.75) is 103 Å². The molecule has 2 aliphatic heterocycles. The summed E-state index contributed by atoms with van der Waals surface area (Å²) < 4.78 is 37.1.